The first-order valence-corrected chi connectivity index (χ1v) is 11.0. The van der Waals surface area contributed by atoms with Crippen LogP contribution in [0.4, 0.5) is 10.8 Å². The summed E-state index contributed by atoms with van der Waals surface area (Å²) in [4.78, 5) is 31.2. The molecule has 1 aliphatic rings. The minimum absolute atomic E-state index is 0.0746. The smallest absolute Gasteiger partial charge is 0.316 e. The van der Waals surface area contributed by atoms with Gasteiger partial charge in [0.2, 0.25) is 5.91 Å². The molecule has 1 amide bonds. The first-order valence-electron chi connectivity index (χ1n) is 9.73. The molecule has 1 heterocycles. The molecule has 1 saturated carbocycles. The van der Waals surface area contributed by atoms with Crippen molar-refractivity contribution in [1.29, 1.82) is 0 Å². The normalized spacial score (nSPS) is 14.6. The van der Waals surface area contributed by atoms with E-state index < -0.39 is 5.41 Å². The maximum Gasteiger partial charge on any atom is 0.316 e. The molecule has 4 rings (SSSR count). The van der Waals surface area contributed by atoms with Gasteiger partial charge in [0.15, 0.2) is 5.13 Å². The zero-order chi connectivity index (χ0) is 21.1. The van der Waals surface area contributed by atoms with Gasteiger partial charge in [0, 0.05) is 17.3 Å². The van der Waals surface area contributed by atoms with Gasteiger partial charge < -0.3 is 4.74 Å². The van der Waals surface area contributed by atoms with Crippen LogP contribution in [-0.4, -0.2) is 16.9 Å². The number of aromatic nitrogens is 1. The summed E-state index contributed by atoms with van der Waals surface area (Å²) in [6.45, 7) is 1.58. The Balaban J connectivity index is 1.47. The zero-order valence-electron chi connectivity index (χ0n) is 16.5. The molecular formula is C23H21ClN2O3S. The van der Waals surface area contributed by atoms with E-state index in [-0.39, 0.29) is 18.5 Å². The summed E-state index contributed by atoms with van der Waals surface area (Å²) in [5.41, 5.74) is 1.71. The molecule has 5 nitrogen and oxygen atoms in total. The second kappa shape index (κ2) is 8.58. The number of esters is 1. The zero-order valence-corrected chi connectivity index (χ0v) is 18.1. The molecule has 1 aromatic heterocycles. The third kappa shape index (κ3) is 3.98. The highest BCUT2D eigenvalue weighted by atomic mass is 35.5. The molecule has 3 aromatic rings. The van der Waals surface area contributed by atoms with E-state index in [0.29, 0.717) is 15.8 Å². The van der Waals surface area contributed by atoms with Crippen LogP contribution in [0.1, 0.15) is 37.4 Å². The maximum absolute atomic E-state index is 12.9. The quantitative estimate of drug-likeness (QED) is 0.465. The summed E-state index contributed by atoms with van der Waals surface area (Å²) in [6, 6.07) is 16.7. The monoisotopic (exact) mass is 440 g/mol. The highest BCUT2D eigenvalue weighted by molar-refractivity contribution is 7.14. The molecule has 7 heteroatoms. The van der Waals surface area contributed by atoms with Crippen LogP contribution in [0, 0.1) is 0 Å². The Labute approximate surface area is 184 Å². The lowest BCUT2D eigenvalue weighted by Gasteiger charge is -2.39. The summed E-state index contributed by atoms with van der Waals surface area (Å²) < 4.78 is 5.65. The van der Waals surface area contributed by atoms with Gasteiger partial charge in [-0.15, -0.1) is 11.3 Å². The van der Waals surface area contributed by atoms with Gasteiger partial charge in [-0.25, -0.2) is 4.98 Å². The predicted octanol–water partition coefficient (Wildman–Crippen LogP) is 5.65. The van der Waals surface area contributed by atoms with Crippen molar-refractivity contribution in [2.45, 2.75) is 38.2 Å². The van der Waals surface area contributed by atoms with Crippen LogP contribution in [0.3, 0.4) is 0 Å². The topological polar surface area (TPSA) is 59.5 Å². The molecule has 0 radical (unpaired) electrons. The van der Waals surface area contributed by atoms with Gasteiger partial charge >= 0.3 is 5.97 Å². The average molecular weight is 441 g/mol. The number of rotatable bonds is 6. The number of benzene rings is 2. The standard InChI is InChI=1S/C23H21ClN2O3S/c1-16(27)26(20-6-3-2-4-7-20)22-25-19(15-30-22)14-29-21(28)23(12-5-13-23)17-8-10-18(24)11-9-17/h2-4,6-11,15H,5,12-14H2,1H3. The Morgan fingerprint density at radius 1 is 1.13 bits per heavy atom. The molecule has 0 spiro atoms. The number of nitrogens with zero attached hydrogens (tertiary/aromatic N) is 2. The van der Waals surface area contributed by atoms with E-state index in [1.807, 2.05) is 47.8 Å². The molecule has 0 saturated heterocycles. The van der Waals surface area contributed by atoms with Crippen molar-refractivity contribution in [3.63, 3.8) is 0 Å². The molecular weight excluding hydrogens is 420 g/mol. The summed E-state index contributed by atoms with van der Waals surface area (Å²) in [6.07, 6.45) is 2.52. The summed E-state index contributed by atoms with van der Waals surface area (Å²) in [7, 11) is 0. The van der Waals surface area contributed by atoms with E-state index >= 15 is 0 Å². The SMILES string of the molecule is CC(=O)N(c1ccccc1)c1nc(COC(=O)C2(c3ccc(Cl)cc3)CCC2)cs1. The van der Waals surface area contributed by atoms with E-state index in [9.17, 15) is 9.59 Å². The van der Waals surface area contributed by atoms with Gasteiger partial charge in [0.25, 0.3) is 0 Å². The van der Waals surface area contributed by atoms with Crippen molar-refractivity contribution in [3.05, 3.63) is 76.3 Å². The molecule has 154 valence electrons. The van der Waals surface area contributed by atoms with E-state index in [4.69, 9.17) is 16.3 Å². The number of anilines is 2. The van der Waals surface area contributed by atoms with Crippen molar-refractivity contribution in [3.8, 4) is 0 Å². The number of thiazole rings is 1. The lowest BCUT2D eigenvalue weighted by molar-refractivity contribution is -0.156. The highest BCUT2D eigenvalue weighted by Crippen LogP contribution is 2.45. The van der Waals surface area contributed by atoms with Gasteiger partial charge in [0.05, 0.1) is 16.8 Å². The minimum atomic E-state index is -0.598. The molecule has 0 N–H and O–H groups in total. The third-order valence-corrected chi connectivity index (χ3v) is 6.53. The fourth-order valence-corrected chi connectivity index (χ4v) is 4.65. The van der Waals surface area contributed by atoms with E-state index in [1.165, 1.54) is 18.3 Å². The van der Waals surface area contributed by atoms with Crippen molar-refractivity contribution in [2.75, 3.05) is 4.90 Å². The Kier molecular flexibility index (Phi) is 5.88. The molecule has 0 aliphatic heterocycles. The largest absolute Gasteiger partial charge is 0.458 e. The molecule has 0 atom stereocenters. The lowest BCUT2D eigenvalue weighted by atomic mass is 9.64. The van der Waals surface area contributed by atoms with Crippen LogP contribution in [0.15, 0.2) is 60.0 Å². The summed E-state index contributed by atoms with van der Waals surface area (Å²) in [5, 5.41) is 3.01. The highest BCUT2D eigenvalue weighted by Gasteiger charge is 2.47. The van der Waals surface area contributed by atoms with E-state index in [2.05, 4.69) is 4.98 Å². The maximum atomic E-state index is 12.9. The van der Waals surface area contributed by atoms with Crippen molar-refractivity contribution in [1.82, 2.24) is 4.98 Å². The van der Waals surface area contributed by atoms with E-state index in [0.717, 1.165) is 30.5 Å². The fourth-order valence-electron chi connectivity index (χ4n) is 3.66. The van der Waals surface area contributed by atoms with Crippen molar-refractivity contribution < 1.29 is 14.3 Å². The van der Waals surface area contributed by atoms with E-state index in [1.54, 1.807) is 17.0 Å². The van der Waals surface area contributed by atoms with Crippen molar-refractivity contribution in [2.24, 2.45) is 0 Å². The van der Waals surface area contributed by atoms with Gasteiger partial charge in [-0.05, 0) is 42.7 Å². The number of ether oxygens (including phenoxy) is 1. The Bertz CT molecular complexity index is 1050. The summed E-state index contributed by atoms with van der Waals surface area (Å²) in [5.74, 6) is -0.368. The Morgan fingerprint density at radius 2 is 1.83 bits per heavy atom. The number of para-hydroxylation sites is 1. The summed E-state index contributed by atoms with van der Waals surface area (Å²) >= 11 is 7.33. The first kappa shape index (κ1) is 20.6. The average Bonchev–Trinajstić information content (AvgIpc) is 3.16. The Hall–Kier alpha value is -2.70. The van der Waals surface area contributed by atoms with Crippen LogP contribution in [0.5, 0.6) is 0 Å². The molecule has 0 bridgehead atoms. The van der Waals surface area contributed by atoms with Crippen LogP contribution in [0.25, 0.3) is 0 Å². The van der Waals surface area contributed by atoms with Gasteiger partial charge in [-0.1, -0.05) is 48.4 Å². The van der Waals surface area contributed by atoms with Crippen LogP contribution >= 0.6 is 22.9 Å². The Morgan fingerprint density at radius 3 is 2.43 bits per heavy atom. The second-order valence-electron chi connectivity index (χ2n) is 7.33. The van der Waals surface area contributed by atoms with Gasteiger partial charge in [0.1, 0.15) is 6.61 Å². The lowest BCUT2D eigenvalue weighted by Crippen LogP contribution is -2.43. The predicted molar refractivity (Wildman–Crippen MR) is 118 cm³/mol. The number of hydrogen-bond donors (Lipinski definition) is 0. The third-order valence-electron chi connectivity index (χ3n) is 5.41. The van der Waals surface area contributed by atoms with Gasteiger partial charge in [-0.3, -0.25) is 14.5 Å². The molecule has 1 aliphatic carbocycles. The number of carbonyl (C=O) groups excluding carboxylic acids is 2. The second-order valence-corrected chi connectivity index (χ2v) is 8.60. The van der Waals surface area contributed by atoms with Crippen LogP contribution < -0.4 is 4.90 Å². The minimum Gasteiger partial charge on any atom is -0.458 e. The molecule has 1 fully saturated rings. The van der Waals surface area contributed by atoms with Gasteiger partial charge in [-0.2, -0.15) is 0 Å². The van der Waals surface area contributed by atoms with Crippen molar-refractivity contribution >= 4 is 45.6 Å². The molecule has 2 aromatic carbocycles. The number of halogens is 1. The van der Waals surface area contributed by atoms with Crippen LogP contribution in [0.2, 0.25) is 5.02 Å². The fraction of sp³-hybridized carbons (Fsp3) is 0.261. The number of amides is 1. The van der Waals surface area contributed by atoms with Crippen LogP contribution in [-0.2, 0) is 26.3 Å². The number of hydrogen-bond acceptors (Lipinski definition) is 5. The molecule has 30 heavy (non-hydrogen) atoms. The molecule has 0 unspecified atom stereocenters. The number of carbonyl (C=O) groups is 2. The first-order chi connectivity index (χ1) is 14.5.